The van der Waals surface area contributed by atoms with Gasteiger partial charge < -0.3 is 5.32 Å². The number of rotatable bonds is 4. The second-order valence-corrected chi connectivity index (χ2v) is 6.62. The van der Waals surface area contributed by atoms with Gasteiger partial charge in [0.25, 0.3) is 5.56 Å². The van der Waals surface area contributed by atoms with Crippen LogP contribution >= 0.6 is 15.9 Å². The summed E-state index contributed by atoms with van der Waals surface area (Å²) in [6.07, 6.45) is 0. The Morgan fingerprint density at radius 2 is 1.81 bits per heavy atom. The monoisotopic (exact) mass is 415 g/mol. The molecule has 1 heterocycles. The zero-order chi connectivity index (χ0) is 18.7. The van der Waals surface area contributed by atoms with Crippen LogP contribution in [0.3, 0.4) is 0 Å². The van der Waals surface area contributed by atoms with Crippen LogP contribution in [-0.4, -0.2) is 15.5 Å². The summed E-state index contributed by atoms with van der Waals surface area (Å²) >= 11 is 3.33. The molecule has 0 radical (unpaired) electrons. The summed E-state index contributed by atoms with van der Waals surface area (Å²) in [7, 11) is 0. The minimum Gasteiger partial charge on any atom is -0.325 e. The van der Waals surface area contributed by atoms with Gasteiger partial charge in [0.15, 0.2) is 0 Å². The molecular formula is C19H15BrFN3O2. The first-order valence-corrected chi connectivity index (χ1v) is 8.61. The van der Waals surface area contributed by atoms with Gasteiger partial charge in [-0.1, -0.05) is 15.9 Å². The number of amides is 1. The van der Waals surface area contributed by atoms with E-state index in [0.717, 1.165) is 4.47 Å². The molecule has 0 unspecified atom stereocenters. The number of carbonyl (C=O) groups excluding carboxylic acids is 1. The number of benzene rings is 2. The van der Waals surface area contributed by atoms with Crippen molar-refractivity contribution in [2.75, 3.05) is 5.32 Å². The van der Waals surface area contributed by atoms with E-state index in [-0.39, 0.29) is 23.8 Å². The van der Waals surface area contributed by atoms with Crippen LogP contribution in [0.4, 0.5) is 10.1 Å². The second kappa shape index (κ2) is 7.61. The first-order chi connectivity index (χ1) is 12.4. The summed E-state index contributed by atoms with van der Waals surface area (Å²) in [5.41, 5.74) is 1.36. The molecule has 0 bridgehead atoms. The number of hydrogen-bond acceptors (Lipinski definition) is 3. The Balaban J connectivity index is 1.91. The minimum atomic E-state index is -0.386. The van der Waals surface area contributed by atoms with Crippen molar-refractivity contribution in [2.45, 2.75) is 13.5 Å². The van der Waals surface area contributed by atoms with Gasteiger partial charge in [-0.25, -0.2) is 9.37 Å². The Hall–Kier alpha value is -2.80. The number of nitrogens with one attached hydrogen (secondary N) is 1. The molecule has 0 aliphatic rings. The number of carbonyl (C=O) groups is 1. The van der Waals surface area contributed by atoms with Crippen LogP contribution in [0.25, 0.3) is 11.4 Å². The van der Waals surface area contributed by atoms with Gasteiger partial charge in [0, 0.05) is 27.5 Å². The third kappa shape index (κ3) is 4.23. The highest BCUT2D eigenvalue weighted by Crippen LogP contribution is 2.17. The summed E-state index contributed by atoms with van der Waals surface area (Å²) in [6, 6.07) is 14.1. The number of aryl methyl sites for hydroxylation is 1. The molecule has 0 saturated carbocycles. The highest BCUT2D eigenvalue weighted by molar-refractivity contribution is 9.10. The molecule has 7 heteroatoms. The summed E-state index contributed by atoms with van der Waals surface area (Å²) in [6.45, 7) is 1.50. The number of nitrogens with zero attached hydrogens (tertiary/aromatic N) is 2. The summed E-state index contributed by atoms with van der Waals surface area (Å²) in [4.78, 5) is 29.1. The SMILES string of the molecule is Cc1cc(=O)n(CC(=O)Nc2ccc(Br)cc2)c(-c2ccc(F)cc2)n1. The van der Waals surface area contributed by atoms with E-state index in [4.69, 9.17) is 0 Å². The van der Waals surface area contributed by atoms with Crippen LogP contribution in [0, 0.1) is 12.7 Å². The maximum atomic E-state index is 13.2. The molecule has 0 saturated heterocycles. The van der Waals surface area contributed by atoms with Crippen molar-refractivity contribution in [1.29, 1.82) is 0 Å². The minimum absolute atomic E-state index is 0.200. The van der Waals surface area contributed by atoms with E-state index in [1.165, 1.54) is 34.9 Å². The van der Waals surface area contributed by atoms with Crippen molar-refractivity contribution < 1.29 is 9.18 Å². The average Bonchev–Trinajstić information content (AvgIpc) is 2.60. The van der Waals surface area contributed by atoms with Crippen LogP contribution in [0.5, 0.6) is 0 Å². The van der Waals surface area contributed by atoms with Crippen LogP contribution in [0.1, 0.15) is 5.69 Å². The molecule has 0 aliphatic heterocycles. The molecule has 3 rings (SSSR count). The maximum Gasteiger partial charge on any atom is 0.254 e. The van der Waals surface area contributed by atoms with E-state index in [0.29, 0.717) is 22.8 Å². The molecule has 1 N–H and O–H groups in total. The first-order valence-electron chi connectivity index (χ1n) is 7.82. The Bertz CT molecular complexity index is 999. The quantitative estimate of drug-likeness (QED) is 0.705. The number of halogens is 2. The van der Waals surface area contributed by atoms with E-state index in [1.54, 1.807) is 31.2 Å². The van der Waals surface area contributed by atoms with Gasteiger partial charge in [-0.3, -0.25) is 14.2 Å². The van der Waals surface area contributed by atoms with E-state index in [2.05, 4.69) is 26.2 Å². The van der Waals surface area contributed by atoms with Crippen molar-refractivity contribution in [2.24, 2.45) is 0 Å². The molecule has 3 aromatic rings. The molecule has 0 atom stereocenters. The lowest BCUT2D eigenvalue weighted by Gasteiger charge is -2.13. The van der Waals surface area contributed by atoms with Gasteiger partial charge in [0.05, 0.1) is 0 Å². The molecule has 0 spiro atoms. The molecule has 5 nitrogen and oxygen atoms in total. The summed E-state index contributed by atoms with van der Waals surface area (Å²) < 4.78 is 15.4. The van der Waals surface area contributed by atoms with Crippen LogP contribution in [-0.2, 0) is 11.3 Å². The number of hydrogen-bond donors (Lipinski definition) is 1. The van der Waals surface area contributed by atoms with Gasteiger partial charge in [-0.05, 0) is 55.5 Å². The number of anilines is 1. The van der Waals surface area contributed by atoms with Gasteiger partial charge in [-0.15, -0.1) is 0 Å². The topological polar surface area (TPSA) is 64.0 Å². The van der Waals surface area contributed by atoms with Crippen molar-refractivity contribution in [3.8, 4) is 11.4 Å². The lowest BCUT2D eigenvalue weighted by Crippen LogP contribution is -2.29. The standard InChI is InChI=1S/C19H15BrFN3O2/c1-12-10-18(26)24(19(22-12)13-2-6-15(21)7-3-13)11-17(25)23-16-8-4-14(20)5-9-16/h2-10H,11H2,1H3,(H,23,25). The smallest absolute Gasteiger partial charge is 0.254 e. The van der Waals surface area contributed by atoms with E-state index in [9.17, 15) is 14.0 Å². The molecule has 1 aromatic heterocycles. The second-order valence-electron chi connectivity index (χ2n) is 5.71. The third-order valence-corrected chi connectivity index (χ3v) is 4.20. The van der Waals surface area contributed by atoms with Crippen LogP contribution < -0.4 is 10.9 Å². The lowest BCUT2D eigenvalue weighted by atomic mass is 10.2. The van der Waals surface area contributed by atoms with Crippen molar-refractivity contribution in [1.82, 2.24) is 9.55 Å². The molecule has 1 amide bonds. The predicted molar refractivity (Wildman–Crippen MR) is 101 cm³/mol. The van der Waals surface area contributed by atoms with Crippen molar-refractivity contribution in [3.63, 3.8) is 0 Å². The zero-order valence-corrected chi connectivity index (χ0v) is 15.5. The predicted octanol–water partition coefficient (Wildman–Crippen LogP) is 3.76. The summed E-state index contributed by atoms with van der Waals surface area (Å²) in [5.74, 6) is -0.423. The highest BCUT2D eigenvalue weighted by atomic mass is 79.9. The van der Waals surface area contributed by atoms with E-state index in [1.807, 2.05) is 0 Å². The zero-order valence-electron chi connectivity index (χ0n) is 13.9. The molecule has 0 aliphatic carbocycles. The Kier molecular flexibility index (Phi) is 5.27. The summed E-state index contributed by atoms with van der Waals surface area (Å²) in [5, 5.41) is 2.74. The largest absolute Gasteiger partial charge is 0.325 e. The first kappa shape index (κ1) is 18.0. The van der Waals surface area contributed by atoms with Crippen LogP contribution in [0.2, 0.25) is 0 Å². The number of aromatic nitrogens is 2. The van der Waals surface area contributed by atoms with Crippen LogP contribution in [0.15, 0.2) is 63.9 Å². The molecule has 2 aromatic carbocycles. The van der Waals surface area contributed by atoms with Crippen molar-refractivity contribution >= 4 is 27.5 Å². The lowest BCUT2D eigenvalue weighted by molar-refractivity contribution is -0.116. The third-order valence-electron chi connectivity index (χ3n) is 3.67. The molecule has 0 fully saturated rings. The average molecular weight is 416 g/mol. The molecule has 132 valence electrons. The molecular weight excluding hydrogens is 401 g/mol. The van der Waals surface area contributed by atoms with Crippen molar-refractivity contribution in [3.05, 3.63) is 80.9 Å². The fourth-order valence-corrected chi connectivity index (χ4v) is 2.73. The fourth-order valence-electron chi connectivity index (χ4n) is 2.47. The van der Waals surface area contributed by atoms with E-state index < -0.39 is 0 Å². The Morgan fingerprint density at radius 1 is 1.15 bits per heavy atom. The molecule has 26 heavy (non-hydrogen) atoms. The fraction of sp³-hybridized carbons (Fsp3) is 0.105. The highest BCUT2D eigenvalue weighted by Gasteiger charge is 2.13. The van der Waals surface area contributed by atoms with Gasteiger partial charge in [0.2, 0.25) is 5.91 Å². The Morgan fingerprint density at radius 3 is 2.46 bits per heavy atom. The van der Waals surface area contributed by atoms with Gasteiger partial charge in [-0.2, -0.15) is 0 Å². The van der Waals surface area contributed by atoms with Gasteiger partial charge in [0.1, 0.15) is 18.2 Å². The normalized spacial score (nSPS) is 10.6. The van der Waals surface area contributed by atoms with Gasteiger partial charge >= 0.3 is 0 Å². The Labute approximate surface area is 157 Å². The maximum absolute atomic E-state index is 13.2. The van der Waals surface area contributed by atoms with E-state index >= 15 is 0 Å².